The van der Waals surface area contributed by atoms with Gasteiger partial charge in [-0.2, -0.15) is 5.10 Å². The van der Waals surface area contributed by atoms with Crippen molar-refractivity contribution < 1.29 is 24.5 Å². The number of carboxylic acids is 1. The van der Waals surface area contributed by atoms with Crippen LogP contribution in [0.25, 0.3) is 17.5 Å². The van der Waals surface area contributed by atoms with Gasteiger partial charge in [0.2, 0.25) is 0 Å². The van der Waals surface area contributed by atoms with Crippen LogP contribution in [0.15, 0.2) is 30.3 Å². The predicted molar refractivity (Wildman–Crippen MR) is 103 cm³/mol. The molecule has 150 valence electrons. The molecule has 1 heterocycles. The maximum Gasteiger partial charge on any atom is 0.305 e. The molecule has 1 aliphatic carbocycles. The molecule has 2 unspecified atom stereocenters. The van der Waals surface area contributed by atoms with E-state index in [1.54, 1.807) is 23.0 Å². The minimum atomic E-state index is -1.11. The molecule has 0 aliphatic heterocycles. The van der Waals surface area contributed by atoms with E-state index in [-0.39, 0.29) is 12.2 Å². The number of carboxylic acid groups (broad SMARTS) is 1. The molecule has 3 N–H and O–H groups in total. The van der Waals surface area contributed by atoms with Gasteiger partial charge < -0.3 is 15.3 Å². The summed E-state index contributed by atoms with van der Waals surface area (Å²) in [4.78, 5) is 10.6. The van der Waals surface area contributed by atoms with E-state index in [9.17, 15) is 19.4 Å². The second-order valence-corrected chi connectivity index (χ2v) is 7.18. The van der Waals surface area contributed by atoms with Crippen LogP contribution >= 0.6 is 0 Å². The Bertz CT molecular complexity index is 845. The Hall–Kier alpha value is -2.51. The summed E-state index contributed by atoms with van der Waals surface area (Å²) in [6, 6.07) is 6.27. The van der Waals surface area contributed by atoms with E-state index in [1.165, 1.54) is 18.2 Å². The van der Waals surface area contributed by atoms with Crippen molar-refractivity contribution in [2.24, 2.45) is 0 Å². The Morgan fingerprint density at radius 3 is 2.61 bits per heavy atom. The zero-order valence-electron chi connectivity index (χ0n) is 15.6. The van der Waals surface area contributed by atoms with Crippen LogP contribution in [0, 0.1) is 5.82 Å². The van der Waals surface area contributed by atoms with Crippen molar-refractivity contribution in [3.8, 4) is 11.3 Å². The van der Waals surface area contributed by atoms with Crippen LogP contribution in [0.5, 0.6) is 0 Å². The summed E-state index contributed by atoms with van der Waals surface area (Å²) < 4.78 is 15.0. The van der Waals surface area contributed by atoms with Crippen LogP contribution in [-0.2, 0) is 17.6 Å². The minimum Gasteiger partial charge on any atom is -0.481 e. The number of hydrogen-bond donors (Lipinski definition) is 3. The number of aromatic nitrogens is 2. The Morgan fingerprint density at radius 2 is 1.89 bits per heavy atom. The fourth-order valence-electron chi connectivity index (χ4n) is 3.59. The largest absolute Gasteiger partial charge is 0.481 e. The molecule has 0 radical (unpaired) electrons. The summed E-state index contributed by atoms with van der Waals surface area (Å²) in [6.07, 6.45) is 5.64. The van der Waals surface area contributed by atoms with Crippen LogP contribution in [-0.4, -0.2) is 43.3 Å². The normalized spacial score (nSPS) is 16.5. The summed E-state index contributed by atoms with van der Waals surface area (Å²) in [5.74, 6) is -1.40. The maximum absolute atomic E-state index is 13.3. The lowest BCUT2D eigenvalue weighted by molar-refractivity contribution is -0.139. The SMILES string of the molecule is O=C(O)CC(O)CC(O)/C=C/n1nc(-c2ccc(F)cc2)c2c1CCCCC2. The van der Waals surface area contributed by atoms with Gasteiger partial charge in [0, 0.05) is 29.4 Å². The van der Waals surface area contributed by atoms with Gasteiger partial charge >= 0.3 is 5.97 Å². The number of aliphatic hydroxyl groups excluding tert-OH is 2. The van der Waals surface area contributed by atoms with E-state index in [1.807, 2.05) is 0 Å². The number of benzene rings is 1. The van der Waals surface area contributed by atoms with Gasteiger partial charge in [-0.15, -0.1) is 0 Å². The third-order valence-corrected chi connectivity index (χ3v) is 4.95. The average molecular weight is 388 g/mol. The first-order valence-electron chi connectivity index (χ1n) is 9.56. The fourth-order valence-corrected chi connectivity index (χ4v) is 3.59. The van der Waals surface area contributed by atoms with E-state index in [2.05, 4.69) is 5.10 Å². The highest BCUT2D eigenvalue weighted by atomic mass is 19.1. The molecule has 1 aromatic carbocycles. The van der Waals surface area contributed by atoms with Gasteiger partial charge in [-0.1, -0.05) is 6.42 Å². The van der Waals surface area contributed by atoms with E-state index < -0.39 is 24.6 Å². The number of hydrogen-bond acceptors (Lipinski definition) is 4. The predicted octanol–water partition coefficient (Wildman–Crippen LogP) is 3.02. The number of nitrogens with zero attached hydrogens (tertiary/aromatic N) is 2. The van der Waals surface area contributed by atoms with Gasteiger partial charge in [0.1, 0.15) is 5.82 Å². The number of rotatable bonds is 7. The quantitative estimate of drug-likeness (QED) is 0.634. The van der Waals surface area contributed by atoms with Crippen molar-refractivity contribution in [3.63, 3.8) is 0 Å². The zero-order valence-corrected chi connectivity index (χ0v) is 15.6. The molecule has 28 heavy (non-hydrogen) atoms. The first-order valence-corrected chi connectivity index (χ1v) is 9.56. The smallest absolute Gasteiger partial charge is 0.305 e. The molecule has 2 aromatic rings. The molecule has 0 fully saturated rings. The van der Waals surface area contributed by atoms with Crippen molar-refractivity contribution in [1.82, 2.24) is 9.78 Å². The molecule has 2 atom stereocenters. The zero-order chi connectivity index (χ0) is 20.1. The van der Waals surface area contributed by atoms with Gasteiger partial charge in [-0.25, -0.2) is 9.07 Å². The standard InChI is InChI=1S/C21H25FN2O4/c22-15-8-6-14(7-9-15)21-18-4-2-1-3-5-19(18)24(23-21)11-10-16(25)12-17(26)13-20(27)28/h6-11,16-17,25-26H,1-5,12-13H2,(H,27,28)/b11-10+. The van der Waals surface area contributed by atoms with Crippen LogP contribution in [0.1, 0.15) is 43.4 Å². The van der Waals surface area contributed by atoms with Crippen LogP contribution < -0.4 is 0 Å². The molecule has 0 saturated carbocycles. The summed E-state index contributed by atoms with van der Waals surface area (Å²) >= 11 is 0. The van der Waals surface area contributed by atoms with Gasteiger partial charge in [-0.3, -0.25) is 4.79 Å². The third-order valence-electron chi connectivity index (χ3n) is 4.95. The highest BCUT2D eigenvalue weighted by molar-refractivity contribution is 5.67. The van der Waals surface area contributed by atoms with Gasteiger partial charge in [0.25, 0.3) is 0 Å². The lowest BCUT2D eigenvalue weighted by Gasteiger charge is -2.10. The Labute approximate surface area is 162 Å². The Morgan fingerprint density at radius 1 is 1.18 bits per heavy atom. The topological polar surface area (TPSA) is 95.6 Å². The highest BCUT2D eigenvalue weighted by Crippen LogP contribution is 2.31. The summed E-state index contributed by atoms with van der Waals surface area (Å²) in [6.45, 7) is 0. The Balaban J connectivity index is 1.84. The minimum absolute atomic E-state index is 0.0585. The molecule has 6 nitrogen and oxygen atoms in total. The third kappa shape index (κ3) is 5.05. The monoisotopic (exact) mass is 388 g/mol. The highest BCUT2D eigenvalue weighted by Gasteiger charge is 2.20. The number of aliphatic carboxylic acids is 1. The van der Waals surface area contributed by atoms with Crippen molar-refractivity contribution in [2.45, 2.75) is 57.2 Å². The molecule has 1 aromatic heterocycles. The molecule has 0 amide bonds. The molecule has 0 saturated heterocycles. The Kier molecular flexibility index (Phi) is 6.59. The van der Waals surface area contributed by atoms with E-state index in [0.717, 1.165) is 54.6 Å². The molecular weight excluding hydrogens is 363 g/mol. The number of aliphatic hydroxyl groups is 2. The molecule has 0 spiro atoms. The maximum atomic E-state index is 13.3. The molecular formula is C21H25FN2O4. The van der Waals surface area contributed by atoms with Crippen molar-refractivity contribution in [3.05, 3.63) is 47.4 Å². The first-order chi connectivity index (χ1) is 13.4. The van der Waals surface area contributed by atoms with E-state index in [4.69, 9.17) is 5.11 Å². The first kappa shape index (κ1) is 20.2. The molecule has 7 heteroatoms. The van der Waals surface area contributed by atoms with Crippen LogP contribution in [0.4, 0.5) is 4.39 Å². The second kappa shape index (κ2) is 9.12. The van der Waals surface area contributed by atoms with Crippen LogP contribution in [0.2, 0.25) is 0 Å². The van der Waals surface area contributed by atoms with Gasteiger partial charge in [0.05, 0.1) is 24.3 Å². The van der Waals surface area contributed by atoms with Crippen LogP contribution in [0.3, 0.4) is 0 Å². The molecule has 1 aliphatic rings. The molecule has 0 bridgehead atoms. The average Bonchev–Trinajstić information content (AvgIpc) is 2.81. The van der Waals surface area contributed by atoms with Crippen molar-refractivity contribution in [2.75, 3.05) is 0 Å². The van der Waals surface area contributed by atoms with E-state index in [0.29, 0.717) is 0 Å². The van der Waals surface area contributed by atoms with Gasteiger partial charge in [-0.05, 0) is 56.0 Å². The summed E-state index contributed by atoms with van der Waals surface area (Å²) in [5, 5.41) is 33.1. The lowest BCUT2D eigenvalue weighted by atomic mass is 10.0. The second-order valence-electron chi connectivity index (χ2n) is 7.18. The fraction of sp³-hybridized carbons (Fsp3) is 0.429. The van der Waals surface area contributed by atoms with E-state index >= 15 is 0 Å². The lowest BCUT2D eigenvalue weighted by Crippen LogP contribution is -2.19. The number of carbonyl (C=O) groups is 1. The number of halogens is 1. The summed E-state index contributed by atoms with van der Waals surface area (Å²) in [7, 11) is 0. The van der Waals surface area contributed by atoms with Crippen molar-refractivity contribution in [1.29, 1.82) is 0 Å². The molecule has 3 rings (SSSR count). The van der Waals surface area contributed by atoms with Crippen molar-refractivity contribution >= 4 is 12.2 Å². The summed E-state index contributed by atoms with van der Waals surface area (Å²) in [5.41, 5.74) is 3.89. The number of fused-ring (bicyclic) bond motifs is 1. The van der Waals surface area contributed by atoms with Gasteiger partial charge in [0.15, 0.2) is 0 Å².